The molecule has 1 rings (SSSR count). The van der Waals surface area contributed by atoms with E-state index in [-0.39, 0.29) is 30.7 Å². The van der Waals surface area contributed by atoms with Gasteiger partial charge in [-0.3, -0.25) is 9.59 Å². The molecule has 1 heterocycles. The highest BCUT2D eigenvalue weighted by molar-refractivity contribution is 5.73. The highest BCUT2D eigenvalue weighted by Crippen LogP contribution is 2.28. The van der Waals surface area contributed by atoms with Gasteiger partial charge >= 0.3 is 11.9 Å². The van der Waals surface area contributed by atoms with Crippen molar-refractivity contribution in [2.24, 2.45) is 11.8 Å². The first kappa shape index (κ1) is 14.5. The summed E-state index contributed by atoms with van der Waals surface area (Å²) in [5.74, 6) is -0.986. The Hall–Kier alpha value is -1.59. The molecule has 3 unspecified atom stereocenters. The molecule has 3 atom stereocenters. The van der Waals surface area contributed by atoms with E-state index in [0.29, 0.717) is 0 Å². The van der Waals surface area contributed by atoms with Gasteiger partial charge in [0, 0.05) is 5.92 Å². The van der Waals surface area contributed by atoms with Crippen LogP contribution < -0.4 is 0 Å². The van der Waals surface area contributed by atoms with Crippen molar-refractivity contribution in [1.29, 1.82) is 0 Å². The summed E-state index contributed by atoms with van der Waals surface area (Å²) < 4.78 is 14.8. The summed E-state index contributed by atoms with van der Waals surface area (Å²) in [6.45, 7) is 5.36. The van der Waals surface area contributed by atoms with Crippen LogP contribution in [-0.2, 0) is 28.6 Å². The molecule has 0 aromatic heterocycles. The molecule has 0 radical (unpaired) electrons. The summed E-state index contributed by atoms with van der Waals surface area (Å²) in [5, 5.41) is 0. The Morgan fingerprint density at radius 3 is 2.78 bits per heavy atom. The summed E-state index contributed by atoms with van der Waals surface area (Å²) >= 11 is 0. The van der Waals surface area contributed by atoms with Crippen molar-refractivity contribution < 1.29 is 28.6 Å². The van der Waals surface area contributed by atoms with Crippen molar-refractivity contribution in [2.75, 3.05) is 6.61 Å². The largest absolute Gasteiger partial charge is 0.458 e. The van der Waals surface area contributed by atoms with E-state index in [1.54, 1.807) is 0 Å². The van der Waals surface area contributed by atoms with Crippen molar-refractivity contribution in [3.05, 3.63) is 0 Å². The lowest BCUT2D eigenvalue weighted by Crippen LogP contribution is -2.47. The van der Waals surface area contributed by atoms with Crippen molar-refractivity contribution in [2.45, 2.75) is 39.4 Å². The first-order valence-corrected chi connectivity index (χ1v) is 5.90. The highest BCUT2D eigenvalue weighted by atomic mass is 16.6. The molecule has 0 aromatic rings. The van der Waals surface area contributed by atoms with Crippen LogP contribution in [0.3, 0.4) is 0 Å². The first-order chi connectivity index (χ1) is 8.45. The average molecular weight is 258 g/mol. The molecule has 0 spiro atoms. The zero-order valence-corrected chi connectivity index (χ0v) is 10.8. The van der Waals surface area contributed by atoms with Crippen LogP contribution in [0.4, 0.5) is 0 Å². The van der Waals surface area contributed by atoms with Crippen molar-refractivity contribution in [3.63, 3.8) is 0 Å². The number of carbonyl (C=O) groups excluding carboxylic acids is 3. The van der Waals surface area contributed by atoms with Crippen LogP contribution in [0, 0.1) is 11.8 Å². The average Bonchev–Trinajstić information content (AvgIpc) is 2.29. The van der Waals surface area contributed by atoms with Gasteiger partial charge in [-0.25, -0.2) is 4.79 Å². The molecular weight excluding hydrogens is 240 g/mol. The lowest BCUT2D eigenvalue weighted by molar-refractivity contribution is -0.190. The minimum Gasteiger partial charge on any atom is -0.458 e. The quantitative estimate of drug-likeness (QED) is 0.410. The standard InChI is InChI=1S/C12H18O6/c1-7(2)11-12(8(3)4-9(14)17-11)18-10(15)5-16-6-13/h6-8,11-12H,4-5H2,1-3H3. The van der Waals surface area contributed by atoms with Crippen molar-refractivity contribution in [1.82, 2.24) is 0 Å². The Bertz CT molecular complexity index is 325. The molecule has 0 aromatic carbocycles. The number of rotatable bonds is 5. The predicted octanol–water partition coefficient (Wildman–Crippen LogP) is 0.679. The Kier molecular flexibility index (Phi) is 5.12. The van der Waals surface area contributed by atoms with Crippen LogP contribution in [0.1, 0.15) is 27.2 Å². The zero-order valence-electron chi connectivity index (χ0n) is 10.8. The van der Waals surface area contributed by atoms with E-state index < -0.39 is 24.8 Å². The van der Waals surface area contributed by atoms with Crippen LogP contribution in [0.2, 0.25) is 0 Å². The summed E-state index contributed by atoms with van der Waals surface area (Å²) in [5.41, 5.74) is 0. The van der Waals surface area contributed by atoms with E-state index in [0.717, 1.165) is 0 Å². The topological polar surface area (TPSA) is 78.9 Å². The molecule has 1 fully saturated rings. The van der Waals surface area contributed by atoms with E-state index in [9.17, 15) is 14.4 Å². The lowest BCUT2D eigenvalue weighted by atomic mass is 9.88. The van der Waals surface area contributed by atoms with Gasteiger partial charge in [-0.2, -0.15) is 0 Å². The number of cyclic esters (lactones) is 1. The maximum Gasteiger partial charge on any atom is 0.344 e. The zero-order chi connectivity index (χ0) is 13.7. The highest BCUT2D eigenvalue weighted by Gasteiger charge is 2.40. The van der Waals surface area contributed by atoms with E-state index >= 15 is 0 Å². The fourth-order valence-corrected chi connectivity index (χ4v) is 1.96. The van der Waals surface area contributed by atoms with Crippen LogP contribution >= 0.6 is 0 Å². The molecule has 1 aliphatic heterocycles. The maximum absolute atomic E-state index is 11.4. The fourth-order valence-electron chi connectivity index (χ4n) is 1.96. The van der Waals surface area contributed by atoms with Crippen molar-refractivity contribution >= 4 is 18.4 Å². The predicted molar refractivity (Wildman–Crippen MR) is 60.4 cm³/mol. The first-order valence-electron chi connectivity index (χ1n) is 5.90. The maximum atomic E-state index is 11.4. The third-order valence-corrected chi connectivity index (χ3v) is 2.83. The van der Waals surface area contributed by atoms with Gasteiger partial charge in [0.25, 0.3) is 6.47 Å². The van der Waals surface area contributed by atoms with E-state index in [1.165, 1.54) is 0 Å². The summed E-state index contributed by atoms with van der Waals surface area (Å²) in [6.07, 6.45) is -0.734. The monoisotopic (exact) mass is 258 g/mol. The number of ether oxygens (including phenoxy) is 3. The SMILES string of the molecule is CC(C)C1OC(=O)CC(C)C1OC(=O)COC=O. The normalized spacial score (nSPS) is 27.6. The molecule has 1 saturated heterocycles. The van der Waals surface area contributed by atoms with Crippen LogP contribution in [0.25, 0.3) is 0 Å². The molecule has 102 valence electrons. The van der Waals surface area contributed by atoms with Crippen LogP contribution in [0.5, 0.6) is 0 Å². The molecule has 0 bridgehead atoms. The van der Waals surface area contributed by atoms with Gasteiger partial charge in [-0.05, 0) is 5.92 Å². The van der Waals surface area contributed by atoms with Gasteiger partial charge in [-0.15, -0.1) is 0 Å². The van der Waals surface area contributed by atoms with E-state index in [2.05, 4.69) is 4.74 Å². The number of esters is 2. The molecule has 6 heteroatoms. The molecule has 18 heavy (non-hydrogen) atoms. The smallest absolute Gasteiger partial charge is 0.344 e. The Balaban J connectivity index is 2.66. The third kappa shape index (κ3) is 3.72. The van der Waals surface area contributed by atoms with Crippen LogP contribution in [-0.4, -0.2) is 37.2 Å². The third-order valence-electron chi connectivity index (χ3n) is 2.83. The van der Waals surface area contributed by atoms with E-state index in [1.807, 2.05) is 20.8 Å². The fraction of sp³-hybridized carbons (Fsp3) is 0.750. The second kappa shape index (κ2) is 6.37. The van der Waals surface area contributed by atoms with E-state index in [4.69, 9.17) is 9.47 Å². The van der Waals surface area contributed by atoms with Gasteiger partial charge in [0.2, 0.25) is 0 Å². The van der Waals surface area contributed by atoms with Gasteiger partial charge in [0.1, 0.15) is 12.2 Å². The molecular formula is C12H18O6. The molecule has 6 nitrogen and oxygen atoms in total. The molecule has 0 amide bonds. The van der Waals surface area contributed by atoms with Gasteiger partial charge < -0.3 is 14.2 Å². The van der Waals surface area contributed by atoms with Gasteiger partial charge in [0.05, 0.1) is 6.42 Å². The van der Waals surface area contributed by atoms with Gasteiger partial charge in [-0.1, -0.05) is 20.8 Å². The molecule has 0 N–H and O–H groups in total. The minimum atomic E-state index is -0.637. The number of hydrogen-bond acceptors (Lipinski definition) is 6. The van der Waals surface area contributed by atoms with Crippen molar-refractivity contribution in [3.8, 4) is 0 Å². The summed E-state index contributed by atoms with van der Waals surface area (Å²) in [7, 11) is 0. The van der Waals surface area contributed by atoms with Gasteiger partial charge in [0.15, 0.2) is 6.61 Å². The molecule has 0 aliphatic carbocycles. The van der Waals surface area contributed by atoms with Crippen LogP contribution in [0.15, 0.2) is 0 Å². The number of carbonyl (C=O) groups is 3. The second-order valence-electron chi connectivity index (χ2n) is 4.74. The molecule has 1 aliphatic rings. The lowest BCUT2D eigenvalue weighted by Gasteiger charge is -2.37. The number of hydrogen-bond donors (Lipinski definition) is 0. The molecule has 0 saturated carbocycles. The Labute approximate surface area is 106 Å². The second-order valence-corrected chi connectivity index (χ2v) is 4.74. The Morgan fingerprint density at radius 2 is 2.22 bits per heavy atom. The Morgan fingerprint density at radius 1 is 1.56 bits per heavy atom. The summed E-state index contributed by atoms with van der Waals surface area (Å²) in [6, 6.07) is 0. The summed E-state index contributed by atoms with van der Waals surface area (Å²) in [4.78, 5) is 32.8. The minimum absolute atomic E-state index is 0.0430.